The summed E-state index contributed by atoms with van der Waals surface area (Å²) >= 11 is 0. The van der Waals surface area contributed by atoms with Crippen LogP contribution in [0.3, 0.4) is 0 Å². The van der Waals surface area contributed by atoms with Gasteiger partial charge in [0.25, 0.3) is 0 Å². The van der Waals surface area contributed by atoms with Crippen molar-refractivity contribution in [2.75, 3.05) is 50.7 Å². The number of fused-ring (bicyclic) bond motifs is 1. The summed E-state index contributed by atoms with van der Waals surface area (Å²) in [6, 6.07) is 10.4. The number of hydrogen-bond donors (Lipinski definition) is 1. The van der Waals surface area contributed by atoms with Crippen LogP contribution in [0.15, 0.2) is 30.5 Å². The third kappa shape index (κ3) is 3.05. The summed E-state index contributed by atoms with van der Waals surface area (Å²) in [6.45, 7) is 10.7. The first-order chi connectivity index (χ1) is 13.7. The van der Waals surface area contributed by atoms with E-state index in [-0.39, 0.29) is 0 Å². The van der Waals surface area contributed by atoms with Gasteiger partial charge in [-0.25, -0.2) is 0 Å². The Morgan fingerprint density at radius 1 is 1.29 bits per heavy atom. The Balaban J connectivity index is 1.33. The Kier molecular flexibility index (Phi) is 4.49. The van der Waals surface area contributed by atoms with Crippen molar-refractivity contribution >= 4 is 16.6 Å². The normalized spacial score (nSPS) is 30.5. The number of hydrogen-bond acceptors (Lipinski definition) is 5. The highest BCUT2D eigenvalue weighted by atomic mass is 15.2. The number of aromatic nitrogens is 1. The lowest BCUT2D eigenvalue weighted by atomic mass is 9.86. The van der Waals surface area contributed by atoms with Gasteiger partial charge < -0.3 is 15.1 Å². The molecule has 1 aromatic heterocycles. The summed E-state index contributed by atoms with van der Waals surface area (Å²) in [5.41, 5.74) is 3.27. The number of pyridine rings is 1. The molecule has 4 heterocycles. The molecule has 1 unspecified atom stereocenters. The van der Waals surface area contributed by atoms with Crippen molar-refractivity contribution in [2.45, 2.75) is 19.8 Å². The van der Waals surface area contributed by atoms with Crippen LogP contribution < -0.4 is 10.2 Å². The molecule has 5 rings (SSSR count). The van der Waals surface area contributed by atoms with Gasteiger partial charge in [0.2, 0.25) is 0 Å². The summed E-state index contributed by atoms with van der Waals surface area (Å²) in [6.07, 6.45) is 4.49. The first-order valence-corrected chi connectivity index (χ1v) is 10.6. The number of nitrogens with one attached hydrogen (secondary N) is 1. The molecule has 5 heteroatoms. The van der Waals surface area contributed by atoms with Crippen LogP contribution >= 0.6 is 0 Å². The van der Waals surface area contributed by atoms with Gasteiger partial charge in [0.05, 0.1) is 11.1 Å². The fraction of sp³-hybridized carbons (Fsp3) is 0.565. The van der Waals surface area contributed by atoms with Crippen molar-refractivity contribution in [1.29, 1.82) is 5.26 Å². The second-order valence-corrected chi connectivity index (χ2v) is 9.20. The van der Waals surface area contributed by atoms with E-state index in [1.54, 1.807) is 6.20 Å². The maximum absolute atomic E-state index is 9.41. The van der Waals surface area contributed by atoms with Crippen LogP contribution in [0.2, 0.25) is 0 Å². The minimum Gasteiger partial charge on any atom is -0.370 e. The van der Waals surface area contributed by atoms with Crippen molar-refractivity contribution < 1.29 is 0 Å². The second kappa shape index (κ2) is 7.02. The Labute approximate surface area is 167 Å². The zero-order valence-corrected chi connectivity index (χ0v) is 16.7. The minimum absolute atomic E-state index is 0.552. The summed E-state index contributed by atoms with van der Waals surface area (Å²) in [5, 5.41) is 14.1. The van der Waals surface area contributed by atoms with Gasteiger partial charge in [-0.3, -0.25) is 4.98 Å². The average molecular weight is 376 g/mol. The molecule has 146 valence electrons. The first-order valence-electron chi connectivity index (χ1n) is 10.6. The maximum Gasteiger partial charge on any atom is 0.101 e. The lowest BCUT2D eigenvalue weighted by Gasteiger charge is -2.26. The molecule has 28 heavy (non-hydrogen) atoms. The van der Waals surface area contributed by atoms with Crippen molar-refractivity contribution in [2.24, 2.45) is 17.3 Å². The Bertz CT molecular complexity index is 911. The molecule has 5 nitrogen and oxygen atoms in total. The van der Waals surface area contributed by atoms with E-state index in [2.05, 4.69) is 45.2 Å². The van der Waals surface area contributed by atoms with Gasteiger partial charge in [0, 0.05) is 50.0 Å². The Morgan fingerprint density at radius 3 is 3.04 bits per heavy atom. The second-order valence-electron chi connectivity index (χ2n) is 9.20. The minimum atomic E-state index is 0.552. The summed E-state index contributed by atoms with van der Waals surface area (Å²) in [7, 11) is 0. The van der Waals surface area contributed by atoms with Gasteiger partial charge >= 0.3 is 0 Å². The standard InChI is InChI=1S/C23H29N5/c1-17-12-28(21-5-4-18(11-24)22-20(21)3-2-8-26-22)14-19(17)13-27-10-7-23(16-27)6-9-25-15-23/h2-5,8,17,19,25H,6-7,9-10,12-16H2,1H3/t17-,19-,23?/m0/s1. The number of benzene rings is 1. The number of nitrogens with zero attached hydrogens (tertiary/aromatic N) is 4. The molecule has 3 fully saturated rings. The molecule has 3 atom stereocenters. The predicted molar refractivity (Wildman–Crippen MR) is 112 cm³/mol. The molecule has 2 aromatic rings. The third-order valence-electron chi connectivity index (χ3n) is 7.32. The zero-order valence-electron chi connectivity index (χ0n) is 16.7. The van der Waals surface area contributed by atoms with Gasteiger partial charge in [-0.1, -0.05) is 6.92 Å². The van der Waals surface area contributed by atoms with E-state index in [9.17, 15) is 5.26 Å². The van der Waals surface area contributed by atoms with Crippen molar-refractivity contribution in [3.8, 4) is 6.07 Å². The molecule has 0 saturated carbocycles. The van der Waals surface area contributed by atoms with Crippen molar-refractivity contribution in [1.82, 2.24) is 15.2 Å². The van der Waals surface area contributed by atoms with Crippen LogP contribution in [0.25, 0.3) is 10.9 Å². The van der Waals surface area contributed by atoms with Crippen LogP contribution in [-0.4, -0.2) is 55.7 Å². The number of likely N-dealkylation sites (tertiary alicyclic amines) is 1. The molecular weight excluding hydrogens is 346 g/mol. The highest BCUT2D eigenvalue weighted by molar-refractivity contribution is 5.95. The van der Waals surface area contributed by atoms with E-state index in [0.29, 0.717) is 22.8 Å². The van der Waals surface area contributed by atoms with E-state index in [1.165, 1.54) is 51.3 Å². The number of nitriles is 1. The van der Waals surface area contributed by atoms with E-state index in [4.69, 9.17) is 0 Å². The lowest BCUT2D eigenvalue weighted by Crippen LogP contribution is -2.34. The highest BCUT2D eigenvalue weighted by Crippen LogP contribution is 2.38. The monoisotopic (exact) mass is 375 g/mol. The largest absolute Gasteiger partial charge is 0.370 e. The fourth-order valence-corrected chi connectivity index (χ4v) is 5.65. The van der Waals surface area contributed by atoms with Crippen LogP contribution in [0, 0.1) is 28.6 Å². The average Bonchev–Trinajstić information content (AvgIpc) is 3.43. The van der Waals surface area contributed by atoms with Crippen LogP contribution in [0.5, 0.6) is 0 Å². The highest BCUT2D eigenvalue weighted by Gasteiger charge is 2.42. The zero-order chi connectivity index (χ0) is 19.1. The molecule has 3 saturated heterocycles. The van der Waals surface area contributed by atoms with E-state index in [1.807, 2.05) is 12.1 Å². The topological polar surface area (TPSA) is 55.2 Å². The van der Waals surface area contributed by atoms with E-state index >= 15 is 0 Å². The molecule has 1 aromatic carbocycles. The predicted octanol–water partition coefficient (Wildman–Crippen LogP) is 2.86. The van der Waals surface area contributed by atoms with Gasteiger partial charge in [0.15, 0.2) is 0 Å². The van der Waals surface area contributed by atoms with E-state index < -0.39 is 0 Å². The first kappa shape index (κ1) is 17.9. The molecule has 0 aliphatic carbocycles. The summed E-state index contributed by atoms with van der Waals surface area (Å²) in [4.78, 5) is 9.72. The molecule has 1 N–H and O–H groups in total. The molecule has 0 radical (unpaired) electrons. The van der Waals surface area contributed by atoms with Gasteiger partial charge in [-0.2, -0.15) is 5.26 Å². The lowest BCUT2D eigenvalue weighted by molar-refractivity contribution is 0.229. The fourth-order valence-electron chi connectivity index (χ4n) is 5.65. The van der Waals surface area contributed by atoms with Crippen LogP contribution in [0.4, 0.5) is 5.69 Å². The molecule has 3 aliphatic heterocycles. The number of rotatable bonds is 3. The van der Waals surface area contributed by atoms with Crippen LogP contribution in [0.1, 0.15) is 25.3 Å². The quantitative estimate of drug-likeness (QED) is 0.894. The molecule has 1 spiro atoms. The van der Waals surface area contributed by atoms with Crippen molar-refractivity contribution in [3.63, 3.8) is 0 Å². The maximum atomic E-state index is 9.41. The summed E-state index contributed by atoms with van der Waals surface area (Å²) in [5.74, 6) is 1.38. The van der Waals surface area contributed by atoms with Gasteiger partial charge in [0.1, 0.15) is 6.07 Å². The Hall–Kier alpha value is -2.16. The SMILES string of the molecule is C[C@H]1CN(c2ccc(C#N)c3ncccc23)C[C@@H]1CN1CCC2(CCNC2)C1. The molecular formula is C23H29N5. The van der Waals surface area contributed by atoms with E-state index in [0.717, 1.165) is 24.0 Å². The van der Waals surface area contributed by atoms with Gasteiger partial charge in [-0.15, -0.1) is 0 Å². The number of anilines is 1. The van der Waals surface area contributed by atoms with Crippen molar-refractivity contribution in [3.05, 3.63) is 36.0 Å². The summed E-state index contributed by atoms with van der Waals surface area (Å²) < 4.78 is 0. The Morgan fingerprint density at radius 2 is 2.21 bits per heavy atom. The third-order valence-corrected chi connectivity index (χ3v) is 7.32. The molecule has 0 bridgehead atoms. The smallest absolute Gasteiger partial charge is 0.101 e. The van der Waals surface area contributed by atoms with Gasteiger partial charge in [-0.05, 0) is 67.4 Å². The van der Waals surface area contributed by atoms with Crippen LogP contribution in [-0.2, 0) is 0 Å². The molecule has 3 aliphatic rings. The molecule has 0 amide bonds.